The fraction of sp³-hybridized carbons (Fsp3) is 0.143. The van der Waals surface area contributed by atoms with Gasteiger partial charge in [0.25, 0.3) is 5.91 Å². The van der Waals surface area contributed by atoms with Gasteiger partial charge in [0.15, 0.2) is 5.13 Å². The van der Waals surface area contributed by atoms with E-state index >= 15 is 0 Å². The van der Waals surface area contributed by atoms with Gasteiger partial charge in [-0.05, 0) is 24.3 Å². The van der Waals surface area contributed by atoms with Gasteiger partial charge in [0, 0.05) is 19.4 Å². The zero-order valence-electron chi connectivity index (χ0n) is 11.1. The molecule has 0 atom stereocenters. The third kappa shape index (κ3) is 2.37. The SMILES string of the molecule is COc1ccc2nc(NC(=O)c3ccn(C)c3)sc2c1. The molecule has 0 saturated heterocycles. The highest BCUT2D eigenvalue weighted by Gasteiger charge is 2.11. The molecule has 0 bridgehead atoms. The lowest BCUT2D eigenvalue weighted by Crippen LogP contribution is -2.10. The van der Waals surface area contributed by atoms with Crippen molar-refractivity contribution in [3.05, 3.63) is 42.2 Å². The van der Waals surface area contributed by atoms with Crippen molar-refractivity contribution in [2.75, 3.05) is 12.4 Å². The average Bonchev–Trinajstić information content (AvgIpc) is 3.03. The number of ether oxygens (including phenoxy) is 1. The summed E-state index contributed by atoms with van der Waals surface area (Å²) in [5.41, 5.74) is 1.46. The number of amides is 1. The number of rotatable bonds is 3. The minimum absolute atomic E-state index is 0.156. The molecule has 0 aliphatic rings. The number of thiazole rings is 1. The summed E-state index contributed by atoms with van der Waals surface area (Å²) in [6.07, 6.45) is 3.60. The molecule has 20 heavy (non-hydrogen) atoms. The number of aryl methyl sites for hydroxylation is 1. The van der Waals surface area contributed by atoms with Crippen molar-refractivity contribution < 1.29 is 9.53 Å². The number of carbonyl (C=O) groups excluding carboxylic acids is 1. The Morgan fingerprint density at radius 3 is 2.95 bits per heavy atom. The number of fused-ring (bicyclic) bond motifs is 1. The molecule has 6 heteroatoms. The van der Waals surface area contributed by atoms with E-state index in [1.54, 1.807) is 19.4 Å². The minimum atomic E-state index is -0.156. The number of hydrogen-bond donors (Lipinski definition) is 1. The largest absolute Gasteiger partial charge is 0.497 e. The number of anilines is 1. The highest BCUT2D eigenvalue weighted by Crippen LogP contribution is 2.29. The van der Waals surface area contributed by atoms with Gasteiger partial charge in [-0.2, -0.15) is 0 Å². The number of methoxy groups -OCH3 is 1. The van der Waals surface area contributed by atoms with Gasteiger partial charge in [-0.25, -0.2) is 4.98 Å². The van der Waals surface area contributed by atoms with Gasteiger partial charge < -0.3 is 9.30 Å². The lowest BCUT2D eigenvalue weighted by Gasteiger charge is -1.97. The predicted molar refractivity (Wildman–Crippen MR) is 79.5 cm³/mol. The number of aromatic nitrogens is 2. The molecule has 3 rings (SSSR count). The molecule has 1 aromatic carbocycles. The molecule has 0 fully saturated rings. The maximum absolute atomic E-state index is 12.0. The normalized spacial score (nSPS) is 10.7. The molecule has 0 saturated carbocycles. The first-order chi connectivity index (χ1) is 9.65. The van der Waals surface area contributed by atoms with E-state index in [4.69, 9.17) is 4.74 Å². The molecule has 0 aliphatic carbocycles. The Bertz CT molecular complexity index is 776. The first-order valence-corrected chi connectivity index (χ1v) is 6.85. The number of benzene rings is 1. The standard InChI is InChI=1S/C14H13N3O2S/c1-17-6-5-9(8-17)13(18)16-14-15-11-4-3-10(19-2)7-12(11)20-14/h3-8H,1-2H3,(H,15,16,18). The molecular formula is C14H13N3O2S. The molecular weight excluding hydrogens is 274 g/mol. The van der Waals surface area contributed by atoms with Crippen molar-refractivity contribution in [1.29, 1.82) is 0 Å². The van der Waals surface area contributed by atoms with Crippen molar-refractivity contribution in [3.8, 4) is 5.75 Å². The van der Waals surface area contributed by atoms with Crippen LogP contribution in [0, 0.1) is 0 Å². The quantitative estimate of drug-likeness (QED) is 0.806. The van der Waals surface area contributed by atoms with Crippen LogP contribution in [0.4, 0.5) is 5.13 Å². The maximum Gasteiger partial charge on any atom is 0.258 e. The molecule has 1 N–H and O–H groups in total. The second-order valence-corrected chi connectivity index (χ2v) is 5.40. The predicted octanol–water partition coefficient (Wildman–Crippen LogP) is 2.90. The summed E-state index contributed by atoms with van der Waals surface area (Å²) in [4.78, 5) is 16.4. The summed E-state index contributed by atoms with van der Waals surface area (Å²) < 4.78 is 7.98. The van der Waals surface area contributed by atoms with Crippen LogP contribution < -0.4 is 10.1 Å². The van der Waals surface area contributed by atoms with E-state index in [9.17, 15) is 4.79 Å². The van der Waals surface area contributed by atoms with Crippen molar-refractivity contribution in [1.82, 2.24) is 9.55 Å². The molecule has 1 amide bonds. The van der Waals surface area contributed by atoms with Crippen molar-refractivity contribution in [3.63, 3.8) is 0 Å². The second kappa shape index (κ2) is 4.97. The number of nitrogens with one attached hydrogen (secondary N) is 1. The maximum atomic E-state index is 12.0. The van der Waals surface area contributed by atoms with E-state index in [1.165, 1.54) is 11.3 Å². The summed E-state index contributed by atoms with van der Waals surface area (Å²) >= 11 is 1.43. The highest BCUT2D eigenvalue weighted by atomic mass is 32.1. The molecule has 5 nitrogen and oxygen atoms in total. The number of carbonyl (C=O) groups is 1. The number of nitrogens with zero attached hydrogens (tertiary/aromatic N) is 2. The summed E-state index contributed by atoms with van der Waals surface area (Å²) in [5.74, 6) is 0.624. The fourth-order valence-electron chi connectivity index (χ4n) is 1.89. The molecule has 3 aromatic rings. The monoisotopic (exact) mass is 287 g/mol. The van der Waals surface area contributed by atoms with E-state index in [0.717, 1.165) is 16.0 Å². The molecule has 0 radical (unpaired) electrons. The molecule has 0 unspecified atom stereocenters. The van der Waals surface area contributed by atoms with E-state index in [-0.39, 0.29) is 5.91 Å². The molecule has 2 heterocycles. The van der Waals surface area contributed by atoms with E-state index in [0.29, 0.717) is 10.7 Å². The first-order valence-electron chi connectivity index (χ1n) is 6.03. The van der Waals surface area contributed by atoms with Gasteiger partial charge >= 0.3 is 0 Å². The Hall–Kier alpha value is -2.34. The van der Waals surface area contributed by atoms with Crippen LogP contribution in [0.5, 0.6) is 5.75 Å². The van der Waals surface area contributed by atoms with E-state index in [2.05, 4.69) is 10.3 Å². The third-order valence-corrected chi connectivity index (χ3v) is 3.84. The molecule has 0 spiro atoms. The van der Waals surface area contributed by atoms with Crippen molar-refractivity contribution >= 4 is 32.6 Å². The van der Waals surface area contributed by atoms with E-state index < -0.39 is 0 Å². The van der Waals surface area contributed by atoms with Crippen LogP contribution in [-0.2, 0) is 7.05 Å². The zero-order chi connectivity index (χ0) is 14.1. The van der Waals surface area contributed by atoms with Crippen molar-refractivity contribution in [2.45, 2.75) is 0 Å². The Morgan fingerprint density at radius 2 is 2.25 bits per heavy atom. The Morgan fingerprint density at radius 1 is 1.40 bits per heavy atom. The van der Waals surface area contributed by atoms with Gasteiger partial charge in [-0.1, -0.05) is 11.3 Å². The lowest BCUT2D eigenvalue weighted by molar-refractivity contribution is 0.102. The summed E-state index contributed by atoms with van der Waals surface area (Å²) in [7, 11) is 3.50. The van der Waals surface area contributed by atoms with Crippen molar-refractivity contribution in [2.24, 2.45) is 7.05 Å². The first kappa shape index (κ1) is 12.7. The van der Waals surface area contributed by atoms with Gasteiger partial charge in [0.05, 0.1) is 22.9 Å². The van der Waals surface area contributed by atoms with Crippen LogP contribution in [0.1, 0.15) is 10.4 Å². The Kier molecular flexibility index (Phi) is 3.15. The van der Waals surface area contributed by atoms with Crippen LogP contribution in [0.2, 0.25) is 0 Å². The van der Waals surface area contributed by atoms with Gasteiger partial charge in [-0.15, -0.1) is 0 Å². The number of hydrogen-bond acceptors (Lipinski definition) is 4. The van der Waals surface area contributed by atoms with Crippen LogP contribution in [-0.4, -0.2) is 22.6 Å². The third-order valence-electron chi connectivity index (χ3n) is 2.91. The topological polar surface area (TPSA) is 56.1 Å². The minimum Gasteiger partial charge on any atom is -0.497 e. The van der Waals surface area contributed by atoms with Crippen LogP contribution in [0.3, 0.4) is 0 Å². The van der Waals surface area contributed by atoms with Gasteiger partial charge in [0.2, 0.25) is 0 Å². The Balaban J connectivity index is 1.85. The van der Waals surface area contributed by atoms with Crippen LogP contribution in [0.25, 0.3) is 10.2 Å². The average molecular weight is 287 g/mol. The van der Waals surface area contributed by atoms with Gasteiger partial charge in [-0.3, -0.25) is 10.1 Å². The van der Waals surface area contributed by atoms with Crippen LogP contribution >= 0.6 is 11.3 Å². The summed E-state index contributed by atoms with van der Waals surface area (Å²) in [6, 6.07) is 7.41. The Labute approximate surface area is 119 Å². The zero-order valence-corrected chi connectivity index (χ0v) is 11.9. The summed E-state index contributed by atoms with van der Waals surface area (Å²) in [5, 5.41) is 3.40. The highest BCUT2D eigenvalue weighted by molar-refractivity contribution is 7.22. The van der Waals surface area contributed by atoms with E-state index in [1.807, 2.05) is 36.0 Å². The molecule has 102 valence electrons. The molecule has 2 aromatic heterocycles. The van der Waals surface area contributed by atoms with Crippen LogP contribution in [0.15, 0.2) is 36.7 Å². The second-order valence-electron chi connectivity index (χ2n) is 4.37. The van der Waals surface area contributed by atoms with Gasteiger partial charge in [0.1, 0.15) is 5.75 Å². The lowest BCUT2D eigenvalue weighted by atomic mass is 10.3. The summed E-state index contributed by atoms with van der Waals surface area (Å²) in [6.45, 7) is 0. The molecule has 0 aliphatic heterocycles. The smallest absolute Gasteiger partial charge is 0.258 e. The fourth-order valence-corrected chi connectivity index (χ4v) is 2.78.